The predicted molar refractivity (Wildman–Crippen MR) is 47.0 cm³/mol. The highest BCUT2D eigenvalue weighted by molar-refractivity contribution is 4.89. The highest BCUT2D eigenvalue weighted by Gasteiger charge is 2.36. The molecule has 1 aliphatic heterocycles. The van der Waals surface area contributed by atoms with E-state index in [4.69, 9.17) is 4.74 Å². The Morgan fingerprint density at radius 2 is 2.33 bits per heavy atom. The van der Waals surface area contributed by atoms with Gasteiger partial charge in [0.15, 0.2) is 0 Å². The average Bonchev–Trinajstić information content (AvgIpc) is 2.32. The summed E-state index contributed by atoms with van der Waals surface area (Å²) in [5.74, 6) is 0. The van der Waals surface area contributed by atoms with Crippen molar-refractivity contribution in [3.8, 4) is 0 Å². The molecule has 3 atom stereocenters. The fourth-order valence-electron chi connectivity index (χ4n) is 1.94. The van der Waals surface area contributed by atoms with Crippen molar-refractivity contribution in [3.63, 3.8) is 0 Å². The van der Waals surface area contributed by atoms with Gasteiger partial charge in [-0.05, 0) is 27.3 Å². The van der Waals surface area contributed by atoms with E-state index in [-0.39, 0.29) is 12.1 Å². The molecule has 1 heterocycles. The van der Waals surface area contributed by atoms with Crippen LogP contribution in [-0.4, -0.2) is 43.4 Å². The lowest BCUT2D eigenvalue weighted by Gasteiger charge is -2.27. The van der Waals surface area contributed by atoms with Crippen LogP contribution in [0.4, 0.5) is 4.39 Å². The van der Waals surface area contributed by atoms with Crippen LogP contribution < -0.4 is 0 Å². The maximum Gasteiger partial charge on any atom is 0.119 e. The largest absolute Gasteiger partial charge is 0.377 e. The van der Waals surface area contributed by atoms with Crippen molar-refractivity contribution in [2.45, 2.75) is 38.6 Å². The number of halogens is 1. The predicted octanol–water partition coefficient (Wildman–Crippen LogP) is 1.45. The van der Waals surface area contributed by atoms with Crippen molar-refractivity contribution in [3.05, 3.63) is 0 Å². The SMILES string of the molecule is CCO[C@@H](C)[C@@H]1[C@@H](F)CCN1C. The normalized spacial score (nSPS) is 34.0. The number of rotatable bonds is 3. The Morgan fingerprint density at radius 1 is 1.67 bits per heavy atom. The first-order valence-electron chi connectivity index (χ1n) is 4.62. The summed E-state index contributed by atoms with van der Waals surface area (Å²) in [6, 6.07) is -0.0371. The summed E-state index contributed by atoms with van der Waals surface area (Å²) in [5, 5.41) is 0. The summed E-state index contributed by atoms with van der Waals surface area (Å²) < 4.78 is 18.7. The molecule has 0 aromatic rings. The van der Waals surface area contributed by atoms with E-state index in [0.29, 0.717) is 13.0 Å². The number of ether oxygens (including phenoxy) is 1. The monoisotopic (exact) mass is 175 g/mol. The lowest BCUT2D eigenvalue weighted by molar-refractivity contribution is 0.00435. The van der Waals surface area contributed by atoms with Gasteiger partial charge >= 0.3 is 0 Å². The highest BCUT2D eigenvalue weighted by atomic mass is 19.1. The number of alkyl halides is 1. The minimum Gasteiger partial charge on any atom is -0.377 e. The Labute approximate surface area is 73.7 Å². The second-order valence-corrected chi connectivity index (χ2v) is 3.44. The van der Waals surface area contributed by atoms with Crippen LogP contribution in [0.5, 0.6) is 0 Å². The van der Waals surface area contributed by atoms with E-state index in [1.54, 1.807) is 0 Å². The first-order valence-corrected chi connectivity index (χ1v) is 4.62. The van der Waals surface area contributed by atoms with Crippen molar-refractivity contribution in [2.24, 2.45) is 0 Å². The van der Waals surface area contributed by atoms with E-state index < -0.39 is 6.17 Å². The molecule has 0 radical (unpaired) electrons. The van der Waals surface area contributed by atoms with Crippen molar-refractivity contribution < 1.29 is 9.13 Å². The molecule has 72 valence electrons. The third-order valence-corrected chi connectivity index (χ3v) is 2.55. The van der Waals surface area contributed by atoms with Crippen LogP contribution in [0.15, 0.2) is 0 Å². The summed E-state index contributed by atoms with van der Waals surface area (Å²) >= 11 is 0. The third-order valence-electron chi connectivity index (χ3n) is 2.55. The zero-order valence-electron chi connectivity index (χ0n) is 8.09. The van der Waals surface area contributed by atoms with Crippen LogP contribution in [0, 0.1) is 0 Å². The number of hydrogen-bond donors (Lipinski definition) is 0. The van der Waals surface area contributed by atoms with Gasteiger partial charge in [0.25, 0.3) is 0 Å². The first-order chi connectivity index (χ1) is 5.66. The van der Waals surface area contributed by atoms with Crippen LogP contribution in [0.1, 0.15) is 20.3 Å². The molecule has 0 bridgehead atoms. The summed E-state index contributed by atoms with van der Waals surface area (Å²) in [6.45, 7) is 5.41. The molecule has 0 saturated carbocycles. The van der Waals surface area contributed by atoms with Gasteiger partial charge in [0.1, 0.15) is 6.17 Å². The van der Waals surface area contributed by atoms with Crippen LogP contribution in [0.25, 0.3) is 0 Å². The fourth-order valence-corrected chi connectivity index (χ4v) is 1.94. The molecule has 3 heteroatoms. The zero-order chi connectivity index (χ0) is 9.14. The minimum atomic E-state index is -0.712. The Morgan fingerprint density at radius 3 is 2.75 bits per heavy atom. The van der Waals surface area contributed by atoms with Crippen molar-refractivity contribution in [1.82, 2.24) is 4.90 Å². The van der Waals surface area contributed by atoms with Crippen LogP contribution in [-0.2, 0) is 4.74 Å². The Kier molecular flexibility index (Phi) is 3.47. The Bertz CT molecular complexity index is 132. The van der Waals surface area contributed by atoms with E-state index in [1.807, 2.05) is 25.8 Å². The summed E-state index contributed by atoms with van der Waals surface area (Å²) in [7, 11) is 1.96. The van der Waals surface area contributed by atoms with E-state index in [1.165, 1.54) is 0 Å². The molecule has 0 amide bonds. The van der Waals surface area contributed by atoms with Gasteiger partial charge in [0.2, 0.25) is 0 Å². The lowest BCUT2D eigenvalue weighted by atomic mass is 10.1. The summed E-state index contributed by atoms with van der Waals surface area (Å²) in [6.07, 6.45) is -0.0486. The molecule has 12 heavy (non-hydrogen) atoms. The molecule has 1 aliphatic rings. The van der Waals surface area contributed by atoms with Gasteiger partial charge in [-0.25, -0.2) is 4.39 Å². The molecule has 0 unspecified atom stereocenters. The van der Waals surface area contributed by atoms with E-state index in [0.717, 1.165) is 6.54 Å². The van der Waals surface area contributed by atoms with E-state index in [9.17, 15) is 4.39 Å². The molecular formula is C9H18FNO. The molecule has 0 aromatic heterocycles. The van der Waals surface area contributed by atoms with Gasteiger partial charge < -0.3 is 4.74 Å². The minimum absolute atomic E-state index is 0.0116. The molecule has 1 fully saturated rings. The van der Waals surface area contributed by atoms with Crippen molar-refractivity contribution in [1.29, 1.82) is 0 Å². The first kappa shape index (κ1) is 9.93. The molecule has 0 aromatic carbocycles. The van der Waals surface area contributed by atoms with Gasteiger partial charge in [-0.2, -0.15) is 0 Å². The van der Waals surface area contributed by atoms with Crippen molar-refractivity contribution in [2.75, 3.05) is 20.2 Å². The van der Waals surface area contributed by atoms with Gasteiger partial charge in [-0.1, -0.05) is 0 Å². The standard InChI is InChI=1S/C9H18FNO/c1-4-12-7(2)9-8(10)5-6-11(9)3/h7-9H,4-6H2,1-3H3/t7-,8-,9+/m0/s1. The maximum atomic E-state index is 13.3. The van der Waals surface area contributed by atoms with Gasteiger partial charge in [-0.15, -0.1) is 0 Å². The third kappa shape index (κ3) is 1.96. The van der Waals surface area contributed by atoms with Crippen LogP contribution >= 0.6 is 0 Å². The molecule has 1 rings (SSSR count). The van der Waals surface area contributed by atoms with Gasteiger partial charge in [0, 0.05) is 13.2 Å². The number of hydrogen-bond acceptors (Lipinski definition) is 2. The molecular weight excluding hydrogens is 157 g/mol. The molecule has 0 spiro atoms. The van der Waals surface area contributed by atoms with E-state index >= 15 is 0 Å². The quantitative estimate of drug-likeness (QED) is 0.643. The molecule has 2 nitrogen and oxygen atoms in total. The second kappa shape index (κ2) is 4.19. The molecule has 0 N–H and O–H groups in total. The van der Waals surface area contributed by atoms with E-state index in [2.05, 4.69) is 0 Å². The van der Waals surface area contributed by atoms with Crippen LogP contribution in [0.2, 0.25) is 0 Å². The second-order valence-electron chi connectivity index (χ2n) is 3.44. The number of likely N-dealkylation sites (N-methyl/N-ethyl adjacent to an activating group) is 1. The number of likely N-dealkylation sites (tertiary alicyclic amines) is 1. The summed E-state index contributed by atoms with van der Waals surface area (Å²) in [4.78, 5) is 2.05. The summed E-state index contributed by atoms with van der Waals surface area (Å²) in [5.41, 5.74) is 0. The van der Waals surface area contributed by atoms with Crippen LogP contribution in [0.3, 0.4) is 0 Å². The highest BCUT2D eigenvalue weighted by Crippen LogP contribution is 2.23. The zero-order valence-corrected chi connectivity index (χ0v) is 8.09. The lowest BCUT2D eigenvalue weighted by Crippen LogP contribution is -2.41. The fraction of sp³-hybridized carbons (Fsp3) is 1.00. The Hall–Kier alpha value is -0.150. The average molecular weight is 175 g/mol. The van der Waals surface area contributed by atoms with Gasteiger partial charge in [0.05, 0.1) is 12.1 Å². The van der Waals surface area contributed by atoms with Gasteiger partial charge in [-0.3, -0.25) is 4.90 Å². The smallest absolute Gasteiger partial charge is 0.119 e. The van der Waals surface area contributed by atoms with Crippen molar-refractivity contribution >= 4 is 0 Å². The Balaban J connectivity index is 2.47. The maximum absolute atomic E-state index is 13.3. The molecule has 1 saturated heterocycles. The molecule has 0 aliphatic carbocycles. The number of nitrogens with zero attached hydrogens (tertiary/aromatic N) is 1. The topological polar surface area (TPSA) is 12.5 Å².